The third-order valence-corrected chi connectivity index (χ3v) is 3.69. The van der Waals surface area contributed by atoms with E-state index in [0.717, 1.165) is 12.8 Å². The lowest BCUT2D eigenvalue weighted by Crippen LogP contribution is -2.44. The zero-order valence-electron chi connectivity index (χ0n) is 13.9. The summed E-state index contributed by atoms with van der Waals surface area (Å²) in [5.74, 6) is 0. The van der Waals surface area contributed by atoms with Crippen molar-refractivity contribution in [2.75, 3.05) is 11.9 Å². The van der Waals surface area contributed by atoms with Crippen molar-refractivity contribution >= 4 is 11.7 Å². The first-order valence-electron chi connectivity index (χ1n) is 7.76. The highest BCUT2D eigenvalue weighted by Crippen LogP contribution is 2.18. The van der Waals surface area contributed by atoms with Crippen molar-refractivity contribution in [3.05, 3.63) is 28.2 Å². The van der Waals surface area contributed by atoms with E-state index in [-0.39, 0.29) is 18.1 Å². The summed E-state index contributed by atoms with van der Waals surface area (Å²) in [5, 5.41) is 15.9. The second-order valence-electron chi connectivity index (χ2n) is 5.85. The summed E-state index contributed by atoms with van der Waals surface area (Å²) in [6, 6.07) is 1.09. The molecule has 1 rings (SSSR count). The van der Waals surface area contributed by atoms with Gasteiger partial charge in [-0.2, -0.15) is 0 Å². The van der Waals surface area contributed by atoms with Crippen molar-refractivity contribution in [3.63, 3.8) is 0 Å². The zero-order valence-corrected chi connectivity index (χ0v) is 13.9. The minimum atomic E-state index is -0.862. The van der Waals surface area contributed by atoms with Gasteiger partial charge in [-0.3, -0.25) is 4.79 Å². The maximum atomic E-state index is 12.0. The Morgan fingerprint density at radius 1 is 1.32 bits per heavy atom. The SMILES string of the molecule is CCCC(O)(CCC)CNC(=O)Nc1cn(C)c(=O)cc1C. The number of anilines is 1. The molecule has 0 bridgehead atoms. The van der Waals surface area contributed by atoms with Crippen LogP contribution in [0.15, 0.2) is 17.1 Å². The molecule has 1 heterocycles. The van der Waals surface area contributed by atoms with Gasteiger partial charge in [-0.05, 0) is 25.3 Å². The Kier molecular flexibility index (Phi) is 6.61. The number of carbonyl (C=O) groups is 1. The molecule has 0 spiro atoms. The van der Waals surface area contributed by atoms with Crippen molar-refractivity contribution in [1.29, 1.82) is 0 Å². The summed E-state index contributed by atoms with van der Waals surface area (Å²) >= 11 is 0. The van der Waals surface area contributed by atoms with E-state index in [1.54, 1.807) is 20.2 Å². The first-order chi connectivity index (χ1) is 10.3. The quantitative estimate of drug-likeness (QED) is 0.721. The van der Waals surface area contributed by atoms with Crippen LogP contribution in [0.1, 0.15) is 45.1 Å². The Morgan fingerprint density at radius 2 is 1.91 bits per heavy atom. The van der Waals surface area contributed by atoms with Gasteiger partial charge >= 0.3 is 6.03 Å². The average Bonchev–Trinajstić information content (AvgIpc) is 2.43. The van der Waals surface area contributed by atoms with Gasteiger partial charge in [0.05, 0.1) is 11.3 Å². The predicted octanol–water partition coefficient (Wildman–Crippen LogP) is 2.15. The van der Waals surface area contributed by atoms with E-state index < -0.39 is 5.60 Å². The monoisotopic (exact) mass is 309 g/mol. The molecule has 0 saturated carbocycles. The predicted molar refractivity (Wildman–Crippen MR) is 88.2 cm³/mol. The fourth-order valence-corrected chi connectivity index (χ4v) is 2.50. The van der Waals surface area contributed by atoms with E-state index in [1.165, 1.54) is 10.6 Å². The summed E-state index contributed by atoms with van der Waals surface area (Å²) in [5.41, 5.74) is 0.299. The van der Waals surface area contributed by atoms with Crippen LogP contribution in [0, 0.1) is 6.92 Å². The Hall–Kier alpha value is -1.82. The number of hydrogen-bond donors (Lipinski definition) is 3. The lowest BCUT2D eigenvalue weighted by molar-refractivity contribution is 0.0245. The lowest BCUT2D eigenvalue weighted by atomic mass is 9.93. The van der Waals surface area contributed by atoms with E-state index in [4.69, 9.17) is 0 Å². The van der Waals surface area contributed by atoms with Gasteiger partial charge in [0, 0.05) is 25.9 Å². The number of carbonyl (C=O) groups excluding carboxylic acids is 1. The van der Waals surface area contributed by atoms with Crippen LogP contribution in [0.2, 0.25) is 0 Å². The molecule has 6 heteroatoms. The van der Waals surface area contributed by atoms with Crippen molar-refractivity contribution in [3.8, 4) is 0 Å². The van der Waals surface area contributed by atoms with Crippen LogP contribution in [-0.4, -0.2) is 27.9 Å². The molecule has 22 heavy (non-hydrogen) atoms. The molecule has 1 aromatic heterocycles. The van der Waals surface area contributed by atoms with E-state index in [1.807, 2.05) is 13.8 Å². The Morgan fingerprint density at radius 3 is 2.45 bits per heavy atom. The van der Waals surface area contributed by atoms with E-state index in [2.05, 4.69) is 10.6 Å². The summed E-state index contributed by atoms with van der Waals surface area (Å²) in [6.45, 7) is 6.00. The van der Waals surface area contributed by atoms with Crippen LogP contribution in [0.5, 0.6) is 0 Å². The fourth-order valence-electron chi connectivity index (χ4n) is 2.50. The molecule has 0 aliphatic carbocycles. The van der Waals surface area contributed by atoms with Gasteiger partial charge in [0.15, 0.2) is 0 Å². The molecule has 6 nitrogen and oxygen atoms in total. The summed E-state index contributed by atoms with van der Waals surface area (Å²) in [7, 11) is 1.63. The van der Waals surface area contributed by atoms with Gasteiger partial charge in [-0.1, -0.05) is 26.7 Å². The van der Waals surface area contributed by atoms with Gasteiger partial charge in [-0.15, -0.1) is 0 Å². The van der Waals surface area contributed by atoms with Crippen LogP contribution < -0.4 is 16.2 Å². The molecular formula is C16H27N3O3. The van der Waals surface area contributed by atoms with Crippen LogP contribution >= 0.6 is 0 Å². The van der Waals surface area contributed by atoms with Gasteiger partial charge < -0.3 is 20.3 Å². The molecule has 0 radical (unpaired) electrons. The molecule has 0 aliphatic rings. The normalized spacial score (nSPS) is 11.3. The first kappa shape index (κ1) is 18.2. The minimum Gasteiger partial charge on any atom is -0.388 e. The molecule has 124 valence electrons. The van der Waals surface area contributed by atoms with E-state index >= 15 is 0 Å². The highest BCUT2D eigenvalue weighted by molar-refractivity contribution is 5.89. The molecule has 0 fully saturated rings. The van der Waals surface area contributed by atoms with Crippen molar-refractivity contribution < 1.29 is 9.90 Å². The number of aromatic nitrogens is 1. The molecule has 1 aromatic rings. The molecule has 3 N–H and O–H groups in total. The lowest BCUT2D eigenvalue weighted by Gasteiger charge is -2.27. The maximum Gasteiger partial charge on any atom is 0.319 e. The molecular weight excluding hydrogens is 282 g/mol. The molecule has 0 saturated heterocycles. The van der Waals surface area contributed by atoms with Gasteiger partial charge in [0.25, 0.3) is 5.56 Å². The highest BCUT2D eigenvalue weighted by atomic mass is 16.3. The maximum absolute atomic E-state index is 12.0. The average molecular weight is 309 g/mol. The summed E-state index contributed by atoms with van der Waals surface area (Å²) in [6.07, 6.45) is 4.61. The molecule has 2 amide bonds. The van der Waals surface area contributed by atoms with Crippen LogP contribution in [0.25, 0.3) is 0 Å². The second kappa shape index (κ2) is 7.98. The third-order valence-electron chi connectivity index (χ3n) is 3.69. The highest BCUT2D eigenvalue weighted by Gasteiger charge is 2.25. The second-order valence-corrected chi connectivity index (χ2v) is 5.85. The molecule has 0 unspecified atom stereocenters. The van der Waals surface area contributed by atoms with E-state index in [0.29, 0.717) is 24.1 Å². The third kappa shape index (κ3) is 5.18. The molecule has 0 aromatic carbocycles. The Bertz CT molecular complexity index is 560. The standard InChI is InChI=1S/C16H27N3O3/c1-5-7-16(22,8-6-2)11-17-15(21)18-13-10-19(4)14(20)9-12(13)3/h9-10,22H,5-8,11H2,1-4H3,(H2,17,18,21). The molecule has 0 aliphatic heterocycles. The number of aliphatic hydroxyl groups is 1. The van der Waals surface area contributed by atoms with Gasteiger partial charge in [0.2, 0.25) is 0 Å². The van der Waals surface area contributed by atoms with Crippen LogP contribution in [0.4, 0.5) is 10.5 Å². The zero-order chi connectivity index (χ0) is 16.8. The number of amides is 2. The number of urea groups is 1. The van der Waals surface area contributed by atoms with Gasteiger partial charge in [0.1, 0.15) is 0 Å². The van der Waals surface area contributed by atoms with Gasteiger partial charge in [-0.25, -0.2) is 4.79 Å². The largest absolute Gasteiger partial charge is 0.388 e. The Balaban J connectivity index is 2.67. The number of hydrogen-bond acceptors (Lipinski definition) is 3. The topological polar surface area (TPSA) is 83.4 Å². The number of nitrogens with zero attached hydrogens (tertiary/aromatic N) is 1. The van der Waals surface area contributed by atoms with Crippen molar-refractivity contribution in [2.24, 2.45) is 7.05 Å². The number of nitrogens with one attached hydrogen (secondary N) is 2. The molecule has 0 atom stereocenters. The van der Waals surface area contributed by atoms with Crippen LogP contribution in [-0.2, 0) is 7.05 Å². The number of aryl methyl sites for hydroxylation is 2. The minimum absolute atomic E-state index is 0.122. The Labute approximate surface area is 131 Å². The summed E-state index contributed by atoms with van der Waals surface area (Å²) in [4.78, 5) is 23.5. The fraction of sp³-hybridized carbons (Fsp3) is 0.625. The smallest absolute Gasteiger partial charge is 0.319 e. The summed E-state index contributed by atoms with van der Waals surface area (Å²) < 4.78 is 1.41. The van der Waals surface area contributed by atoms with E-state index in [9.17, 15) is 14.7 Å². The van der Waals surface area contributed by atoms with Crippen molar-refractivity contribution in [2.45, 2.75) is 52.1 Å². The number of rotatable bonds is 7. The first-order valence-corrected chi connectivity index (χ1v) is 7.76. The number of pyridine rings is 1. The van der Waals surface area contributed by atoms with Crippen LogP contribution in [0.3, 0.4) is 0 Å². The van der Waals surface area contributed by atoms with Crippen molar-refractivity contribution in [1.82, 2.24) is 9.88 Å².